The van der Waals surface area contributed by atoms with E-state index in [-0.39, 0.29) is 5.91 Å². The summed E-state index contributed by atoms with van der Waals surface area (Å²) in [6.07, 6.45) is 0. The van der Waals surface area contributed by atoms with Crippen LogP contribution in [0.4, 0.5) is 11.4 Å². The molecule has 2 rings (SSSR count). The summed E-state index contributed by atoms with van der Waals surface area (Å²) in [5, 5.41) is 4.98. The number of rotatable bonds is 2. The molecule has 0 fully saturated rings. The van der Waals surface area contributed by atoms with Gasteiger partial charge in [0.1, 0.15) is 4.88 Å². The first kappa shape index (κ1) is 12.4. The van der Waals surface area contributed by atoms with E-state index in [4.69, 9.17) is 17.3 Å². The van der Waals surface area contributed by atoms with Gasteiger partial charge in [0.2, 0.25) is 0 Å². The van der Waals surface area contributed by atoms with Gasteiger partial charge in [-0.2, -0.15) is 0 Å². The molecule has 0 aliphatic heterocycles. The highest BCUT2D eigenvalue weighted by Gasteiger charge is 2.13. The van der Waals surface area contributed by atoms with Crippen LogP contribution in [-0.4, -0.2) is 5.91 Å². The Hall–Kier alpha value is -1.04. The Morgan fingerprint density at radius 1 is 1.41 bits per heavy atom. The molecule has 0 bridgehead atoms. The number of nitrogens with one attached hydrogen (secondary N) is 1. The number of anilines is 2. The first-order valence-corrected chi connectivity index (χ1v) is 6.72. The van der Waals surface area contributed by atoms with Gasteiger partial charge in [0, 0.05) is 10.2 Å². The summed E-state index contributed by atoms with van der Waals surface area (Å²) in [7, 11) is 0. The van der Waals surface area contributed by atoms with Gasteiger partial charge in [0.15, 0.2) is 0 Å². The smallest absolute Gasteiger partial charge is 0.267 e. The van der Waals surface area contributed by atoms with Crippen molar-refractivity contribution in [2.24, 2.45) is 0 Å². The largest absolute Gasteiger partial charge is 0.399 e. The second-order valence-corrected chi connectivity index (χ2v) is 5.47. The Morgan fingerprint density at radius 3 is 2.82 bits per heavy atom. The van der Waals surface area contributed by atoms with Crippen molar-refractivity contribution in [1.82, 2.24) is 0 Å². The second kappa shape index (κ2) is 5.08. The zero-order valence-corrected chi connectivity index (χ0v) is 11.7. The predicted molar refractivity (Wildman–Crippen MR) is 75.8 cm³/mol. The molecule has 0 aliphatic carbocycles. The summed E-state index contributed by atoms with van der Waals surface area (Å²) in [4.78, 5) is 12.4. The zero-order chi connectivity index (χ0) is 12.4. The van der Waals surface area contributed by atoms with Crippen molar-refractivity contribution >= 4 is 56.1 Å². The fourth-order valence-electron chi connectivity index (χ4n) is 1.27. The lowest BCUT2D eigenvalue weighted by molar-refractivity contribution is 0.103. The molecule has 0 spiro atoms. The van der Waals surface area contributed by atoms with Crippen LogP contribution in [0.5, 0.6) is 0 Å². The number of nitrogen functional groups attached to an aromatic ring is 1. The van der Waals surface area contributed by atoms with Gasteiger partial charge in [0.25, 0.3) is 5.91 Å². The molecule has 1 aromatic carbocycles. The lowest BCUT2D eigenvalue weighted by Crippen LogP contribution is -2.11. The maximum absolute atomic E-state index is 11.9. The van der Waals surface area contributed by atoms with Crippen LogP contribution in [0.2, 0.25) is 5.02 Å². The summed E-state index contributed by atoms with van der Waals surface area (Å²) < 4.78 is 0.771. The van der Waals surface area contributed by atoms with Crippen molar-refractivity contribution in [2.75, 3.05) is 11.1 Å². The molecule has 6 heteroatoms. The van der Waals surface area contributed by atoms with Crippen molar-refractivity contribution in [3.63, 3.8) is 0 Å². The quantitative estimate of drug-likeness (QED) is 0.817. The number of hydrogen-bond acceptors (Lipinski definition) is 3. The van der Waals surface area contributed by atoms with Crippen molar-refractivity contribution in [3.8, 4) is 0 Å². The zero-order valence-electron chi connectivity index (χ0n) is 8.54. The standard InChI is InChI=1S/C11H8BrClN2OS/c12-7-2-1-6(14)5-9(7)15-11(16)10-8(13)3-4-17-10/h1-5H,14H2,(H,15,16). The molecule has 0 unspecified atom stereocenters. The fourth-order valence-corrected chi connectivity index (χ4v) is 2.66. The number of hydrogen-bond donors (Lipinski definition) is 2. The van der Waals surface area contributed by atoms with Gasteiger partial charge in [0.05, 0.1) is 10.7 Å². The molecule has 0 saturated heterocycles. The van der Waals surface area contributed by atoms with E-state index in [9.17, 15) is 4.79 Å². The summed E-state index contributed by atoms with van der Waals surface area (Å²) in [5.41, 5.74) is 6.86. The number of thiophene rings is 1. The van der Waals surface area contributed by atoms with E-state index in [1.165, 1.54) is 11.3 Å². The number of carbonyl (C=O) groups is 1. The molecule has 0 radical (unpaired) electrons. The van der Waals surface area contributed by atoms with Crippen LogP contribution in [0, 0.1) is 0 Å². The Bertz CT molecular complexity index is 570. The SMILES string of the molecule is Nc1ccc(Br)c(NC(=O)c2sccc2Cl)c1. The molecule has 3 N–H and O–H groups in total. The second-order valence-electron chi connectivity index (χ2n) is 3.29. The van der Waals surface area contributed by atoms with Crippen molar-refractivity contribution in [1.29, 1.82) is 0 Å². The first-order valence-electron chi connectivity index (χ1n) is 4.67. The molecule has 88 valence electrons. The van der Waals surface area contributed by atoms with Gasteiger partial charge < -0.3 is 11.1 Å². The molecule has 1 amide bonds. The first-order chi connectivity index (χ1) is 8.08. The molecule has 0 saturated carbocycles. The average molecular weight is 332 g/mol. The summed E-state index contributed by atoms with van der Waals surface area (Å²) in [6, 6.07) is 6.90. The van der Waals surface area contributed by atoms with Gasteiger partial charge >= 0.3 is 0 Å². The van der Waals surface area contributed by atoms with Gasteiger partial charge in [-0.1, -0.05) is 11.6 Å². The summed E-state index contributed by atoms with van der Waals surface area (Å²) >= 11 is 10.5. The average Bonchev–Trinajstić information content (AvgIpc) is 2.70. The number of halogens is 2. The van der Waals surface area contributed by atoms with Gasteiger partial charge in [-0.05, 0) is 45.6 Å². The van der Waals surface area contributed by atoms with E-state index in [2.05, 4.69) is 21.2 Å². The van der Waals surface area contributed by atoms with Crippen molar-refractivity contribution in [3.05, 3.63) is 44.0 Å². The highest BCUT2D eigenvalue weighted by molar-refractivity contribution is 9.10. The minimum atomic E-state index is -0.240. The Morgan fingerprint density at radius 2 is 2.18 bits per heavy atom. The number of carbonyl (C=O) groups excluding carboxylic acids is 1. The highest BCUT2D eigenvalue weighted by atomic mass is 79.9. The normalized spacial score (nSPS) is 10.2. The maximum Gasteiger partial charge on any atom is 0.267 e. The predicted octanol–water partition coefficient (Wildman–Crippen LogP) is 4.00. The lowest BCUT2D eigenvalue weighted by Gasteiger charge is -2.07. The van der Waals surface area contributed by atoms with Crippen LogP contribution in [0.1, 0.15) is 9.67 Å². The molecule has 0 atom stereocenters. The van der Waals surface area contributed by atoms with Gasteiger partial charge in [-0.3, -0.25) is 4.79 Å². The van der Waals surface area contributed by atoms with Crippen LogP contribution >= 0.6 is 38.9 Å². The third-order valence-corrected chi connectivity index (χ3v) is 4.09. The molecule has 1 aromatic heterocycles. The van der Waals surface area contributed by atoms with E-state index >= 15 is 0 Å². The monoisotopic (exact) mass is 330 g/mol. The van der Waals surface area contributed by atoms with Crippen LogP contribution in [0.3, 0.4) is 0 Å². The van der Waals surface area contributed by atoms with Crippen LogP contribution < -0.4 is 11.1 Å². The van der Waals surface area contributed by atoms with Crippen LogP contribution in [0.15, 0.2) is 34.1 Å². The number of amides is 1. The number of benzene rings is 1. The Balaban J connectivity index is 2.24. The van der Waals surface area contributed by atoms with E-state index in [0.29, 0.717) is 21.3 Å². The topological polar surface area (TPSA) is 55.1 Å². The Labute approximate surface area is 116 Å². The van der Waals surface area contributed by atoms with E-state index < -0.39 is 0 Å². The highest BCUT2D eigenvalue weighted by Crippen LogP contribution is 2.27. The maximum atomic E-state index is 11.9. The molecule has 2 aromatic rings. The Kier molecular flexibility index (Phi) is 3.71. The minimum Gasteiger partial charge on any atom is -0.399 e. The van der Waals surface area contributed by atoms with E-state index in [0.717, 1.165) is 4.47 Å². The molecule has 3 nitrogen and oxygen atoms in total. The molecular formula is C11H8BrClN2OS. The van der Waals surface area contributed by atoms with E-state index in [1.54, 1.807) is 29.6 Å². The third kappa shape index (κ3) is 2.80. The molecule has 17 heavy (non-hydrogen) atoms. The minimum absolute atomic E-state index is 0.240. The van der Waals surface area contributed by atoms with Crippen molar-refractivity contribution in [2.45, 2.75) is 0 Å². The summed E-state index contributed by atoms with van der Waals surface area (Å²) in [6.45, 7) is 0. The molecule has 0 aliphatic rings. The van der Waals surface area contributed by atoms with Gasteiger partial charge in [-0.25, -0.2) is 0 Å². The van der Waals surface area contributed by atoms with Crippen LogP contribution in [-0.2, 0) is 0 Å². The third-order valence-electron chi connectivity index (χ3n) is 2.06. The summed E-state index contributed by atoms with van der Waals surface area (Å²) in [5.74, 6) is -0.240. The van der Waals surface area contributed by atoms with Gasteiger partial charge in [-0.15, -0.1) is 11.3 Å². The van der Waals surface area contributed by atoms with Crippen LogP contribution in [0.25, 0.3) is 0 Å². The number of nitrogens with two attached hydrogens (primary N) is 1. The molecular weight excluding hydrogens is 324 g/mol. The van der Waals surface area contributed by atoms with E-state index in [1.807, 2.05) is 0 Å². The van der Waals surface area contributed by atoms with Crippen molar-refractivity contribution < 1.29 is 4.79 Å². The fraction of sp³-hybridized carbons (Fsp3) is 0. The lowest BCUT2D eigenvalue weighted by atomic mass is 10.3. The molecule has 1 heterocycles.